The van der Waals surface area contributed by atoms with Gasteiger partial charge in [-0.3, -0.25) is 9.79 Å². The van der Waals surface area contributed by atoms with E-state index in [2.05, 4.69) is 10.3 Å². The highest BCUT2D eigenvalue weighted by Crippen LogP contribution is 2.31. The monoisotopic (exact) mass is 284 g/mol. The Balaban J connectivity index is 2.41. The second-order valence-electron chi connectivity index (χ2n) is 4.73. The van der Waals surface area contributed by atoms with Gasteiger partial charge in [0.1, 0.15) is 11.4 Å². The van der Waals surface area contributed by atoms with E-state index in [4.69, 9.17) is 0 Å². The first-order valence-corrected chi connectivity index (χ1v) is 6.41. The summed E-state index contributed by atoms with van der Waals surface area (Å²) >= 11 is 0. The molecule has 0 radical (unpaired) electrons. The number of alkyl halides is 3. The van der Waals surface area contributed by atoms with E-state index in [1.165, 1.54) is 12.1 Å². The van der Waals surface area contributed by atoms with Crippen molar-refractivity contribution in [3.63, 3.8) is 0 Å². The van der Waals surface area contributed by atoms with Crippen molar-refractivity contribution < 1.29 is 18.0 Å². The molecule has 1 heterocycles. The largest absolute Gasteiger partial charge is 0.416 e. The summed E-state index contributed by atoms with van der Waals surface area (Å²) in [6.07, 6.45) is -3.39. The molecular formula is C14H15F3N2O. The predicted octanol–water partition coefficient (Wildman–Crippen LogP) is 3.14. The van der Waals surface area contributed by atoms with Crippen LogP contribution in [0.15, 0.2) is 29.3 Å². The summed E-state index contributed by atoms with van der Waals surface area (Å²) in [7, 11) is 0. The second kappa shape index (κ2) is 4.92. The van der Waals surface area contributed by atoms with Crippen LogP contribution >= 0.6 is 0 Å². The molecule has 1 aliphatic heterocycles. The summed E-state index contributed by atoms with van der Waals surface area (Å²) in [5.74, 6) is -0.0419. The zero-order chi connectivity index (χ0) is 15.0. The highest BCUT2D eigenvalue weighted by molar-refractivity contribution is 6.15. The van der Waals surface area contributed by atoms with Crippen molar-refractivity contribution in [2.45, 2.75) is 38.4 Å². The quantitative estimate of drug-likeness (QED) is 0.910. The first-order chi connectivity index (χ1) is 9.32. The predicted molar refractivity (Wildman–Crippen MR) is 69.4 cm³/mol. The third-order valence-electron chi connectivity index (χ3n) is 3.61. The van der Waals surface area contributed by atoms with Crippen molar-refractivity contribution in [2.24, 2.45) is 4.99 Å². The molecule has 0 aliphatic carbocycles. The van der Waals surface area contributed by atoms with Gasteiger partial charge in [0.15, 0.2) is 0 Å². The van der Waals surface area contributed by atoms with E-state index >= 15 is 0 Å². The number of benzene rings is 1. The van der Waals surface area contributed by atoms with E-state index in [-0.39, 0.29) is 17.3 Å². The first kappa shape index (κ1) is 14.6. The fourth-order valence-electron chi connectivity index (χ4n) is 2.23. The maximum absolute atomic E-state index is 12.7. The van der Waals surface area contributed by atoms with Crippen LogP contribution in [-0.4, -0.2) is 17.3 Å². The number of amidine groups is 1. The van der Waals surface area contributed by atoms with Crippen LogP contribution in [0.3, 0.4) is 0 Å². The van der Waals surface area contributed by atoms with Crippen molar-refractivity contribution in [3.05, 3.63) is 35.4 Å². The van der Waals surface area contributed by atoms with Crippen LogP contribution in [0, 0.1) is 0 Å². The molecule has 0 saturated carbocycles. The molecule has 0 fully saturated rings. The maximum atomic E-state index is 12.7. The van der Waals surface area contributed by atoms with E-state index in [0.717, 1.165) is 12.1 Å². The third-order valence-corrected chi connectivity index (χ3v) is 3.61. The van der Waals surface area contributed by atoms with Crippen molar-refractivity contribution in [1.29, 1.82) is 0 Å². The number of hydrogen-bond acceptors (Lipinski definition) is 2. The van der Waals surface area contributed by atoms with Crippen molar-refractivity contribution >= 4 is 11.7 Å². The zero-order valence-corrected chi connectivity index (χ0v) is 11.2. The Kier molecular flexibility index (Phi) is 3.58. The fourth-order valence-corrected chi connectivity index (χ4v) is 2.23. The number of carbonyl (C=O) groups excluding carboxylic acids is 1. The van der Waals surface area contributed by atoms with Gasteiger partial charge < -0.3 is 5.32 Å². The standard InChI is InChI=1S/C14H15F3N2O/c1-3-13(4-2)12(20)18-11(19-13)9-6-5-7-10(8-9)14(15,16)17/h5-8H,3-4H2,1-2H3,(H,18,19,20). The average Bonchev–Trinajstić information content (AvgIpc) is 2.76. The van der Waals surface area contributed by atoms with Crippen LogP contribution in [0.4, 0.5) is 13.2 Å². The Bertz CT molecular complexity index is 560. The number of nitrogens with zero attached hydrogens (tertiary/aromatic N) is 1. The number of nitrogens with one attached hydrogen (secondary N) is 1. The molecule has 0 aromatic heterocycles. The molecule has 1 aromatic rings. The van der Waals surface area contributed by atoms with E-state index < -0.39 is 17.3 Å². The Hall–Kier alpha value is -1.85. The summed E-state index contributed by atoms with van der Waals surface area (Å²) in [5.41, 5.74) is -1.33. The Labute approximate surface area is 114 Å². The number of halogens is 3. The smallest absolute Gasteiger partial charge is 0.308 e. The molecule has 0 saturated heterocycles. The van der Waals surface area contributed by atoms with Gasteiger partial charge in [0.2, 0.25) is 0 Å². The Morgan fingerprint density at radius 1 is 1.25 bits per heavy atom. The van der Waals surface area contributed by atoms with E-state index in [1.54, 1.807) is 0 Å². The summed E-state index contributed by atoms with van der Waals surface area (Å²) in [6.45, 7) is 3.67. The molecule has 0 bridgehead atoms. The molecule has 20 heavy (non-hydrogen) atoms. The second-order valence-corrected chi connectivity index (χ2v) is 4.73. The lowest BCUT2D eigenvalue weighted by atomic mass is 9.94. The molecule has 1 aromatic carbocycles. The van der Waals surface area contributed by atoms with Crippen LogP contribution in [0.1, 0.15) is 37.8 Å². The summed E-state index contributed by atoms with van der Waals surface area (Å²) in [5, 5.41) is 2.59. The molecule has 1 N–H and O–H groups in total. The maximum Gasteiger partial charge on any atom is 0.416 e. The number of carbonyl (C=O) groups is 1. The number of hydrogen-bond donors (Lipinski definition) is 1. The van der Waals surface area contributed by atoms with Gasteiger partial charge in [-0.15, -0.1) is 0 Å². The molecule has 6 heteroatoms. The lowest BCUT2D eigenvalue weighted by Crippen LogP contribution is -2.38. The highest BCUT2D eigenvalue weighted by Gasteiger charge is 2.41. The van der Waals surface area contributed by atoms with E-state index in [9.17, 15) is 18.0 Å². The molecule has 2 rings (SSSR count). The molecule has 1 aliphatic rings. The van der Waals surface area contributed by atoms with Crippen molar-refractivity contribution in [3.8, 4) is 0 Å². The summed E-state index contributed by atoms with van der Waals surface area (Å²) in [4.78, 5) is 16.3. The van der Waals surface area contributed by atoms with Crippen LogP contribution in [0.25, 0.3) is 0 Å². The van der Waals surface area contributed by atoms with Crippen molar-refractivity contribution in [2.75, 3.05) is 0 Å². The van der Waals surface area contributed by atoms with E-state index in [1.807, 2.05) is 13.8 Å². The van der Waals surface area contributed by atoms with Gasteiger partial charge in [-0.1, -0.05) is 26.0 Å². The Morgan fingerprint density at radius 3 is 2.40 bits per heavy atom. The minimum absolute atomic E-state index is 0.213. The average molecular weight is 284 g/mol. The van der Waals surface area contributed by atoms with Gasteiger partial charge in [-0.25, -0.2) is 0 Å². The lowest BCUT2D eigenvalue weighted by Gasteiger charge is -2.18. The molecule has 1 amide bonds. The van der Waals surface area contributed by atoms with Gasteiger partial charge >= 0.3 is 6.18 Å². The molecule has 0 spiro atoms. The zero-order valence-electron chi connectivity index (χ0n) is 11.2. The number of rotatable bonds is 3. The van der Waals surface area contributed by atoms with E-state index in [0.29, 0.717) is 12.8 Å². The minimum Gasteiger partial charge on any atom is -0.308 e. The van der Waals surface area contributed by atoms with Crippen LogP contribution in [0.2, 0.25) is 0 Å². The molecule has 0 unspecified atom stereocenters. The molecule has 0 atom stereocenters. The van der Waals surface area contributed by atoms with Crippen LogP contribution < -0.4 is 5.32 Å². The molecule has 108 valence electrons. The van der Waals surface area contributed by atoms with Gasteiger partial charge in [0, 0.05) is 5.56 Å². The topological polar surface area (TPSA) is 41.5 Å². The summed E-state index contributed by atoms with van der Waals surface area (Å²) < 4.78 is 38.1. The number of amides is 1. The molecular weight excluding hydrogens is 269 g/mol. The van der Waals surface area contributed by atoms with Crippen LogP contribution in [-0.2, 0) is 11.0 Å². The minimum atomic E-state index is -4.41. The van der Waals surface area contributed by atoms with Gasteiger partial charge in [-0.2, -0.15) is 13.2 Å². The highest BCUT2D eigenvalue weighted by atomic mass is 19.4. The SMILES string of the molecule is CCC1(CC)N=C(c2cccc(C(F)(F)F)c2)NC1=O. The third kappa shape index (κ3) is 2.42. The molecule has 3 nitrogen and oxygen atoms in total. The van der Waals surface area contributed by atoms with Gasteiger partial charge in [-0.05, 0) is 25.0 Å². The van der Waals surface area contributed by atoms with Crippen molar-refractivity contribution in [1.82, 2.24) is 5.32 Å². The fraction of sp³-hybridized carbons (Fsp3) is 0.429. The van der Waals surface area contributed by atoms with Gasteiger partial charge in [0.05, 0.1) is 5.56 Å². The Morgan fingerprint density at radius 2 is 1.90 bits per heavy atom. The lowest BCUT2D eigenvalue weighted by molar-refractivity contribution is -0.137. The van der Waals surface area contributed by atoms with Gasteiger partial charge in [0.25, 0.3) is 5.91 Å². The van der Waals surface area contributed by atoms with Crippen LogP contribution in [0.5, 0.6) is 0 Å². The summed E-state index contributed by atoms with van der Waals surface area (Å²) in [6, 6.07) is 4.81. The number of aliphatic imine (C=N–C) groups is 1. The normalized spacial score (nSPS) is 17.9. The first-order valence-electron chi connectivity index (χ1n) is 6.41.